The highest BCUT2D eigenvalue weighted by Crippen LogP contribution is 2.34. The van der Waals surface area contributed by atoms with Crippen molar-refractivity contribution in [3.63, 3.8) is 0 Å². The molecule has 0 atom stereocenters. The monoisotopic (exact) mass is 284 g/mol. The second-order valence-electron chi connectivity index (χ2n) is 6.39. The Balaban J connectivity index is 2.75. The van der Waals surface area contributed by atoms with Crippen molar-refractivity contribution >= 4 is 5.65 Å². The molecular weight excluding hydrogens is 265 g/mol. The van der Waals surface area contributed by atoms with Crippen LogP contribution in [-0.4, -0.2) is 9.38 Å². The summed E-state index contributed by atoms with van der Waals surface area (Å²) in [7, 11) is 0. The quantitative estimate of drug-likeness (QED) is 0.737. The number of nitrogens with zero attached hydrogens (tertiary/aromatic N) is 2. The van der Waals surface area contributed by atoms with Gasteiger partial charge in [0.2, 0.25) is 0 Å². The first kappa shape index (κ1) is 14.9. The van der Waals surface area contributed by atoms with Crippen molar-refractivity contribution in [1.82, 2.24) is 9.38 Å². The van der Waals surface area contributed by atoms with E-state index >= 15 is 0 Å². The molecule has 2 rings (SSSR count). The Hall–Kier alpha value is -1.52. The van der Waals surface area contributed by atoms with Gasteiger partial charge in [-0.1, -0.05) is 34.6 Å². The van der Waals surface area contributed by atoms with Gasteiger partial charge in [0.15, 0.2) is 0 Å². The summed E-state index contributed by atoms with van der Waals surface area (Å²) in [6.45, 7) is 10.1. The van der Waals surface area contributed by atoms with Crippen LogP contribution >= 0.6 is 0 Å². The number of hydrogen-bond donors (Lipinski definition) is 0. The van der Waals surface area contributed by atoms with Crippen molar-refractivity contribution in [3.8, 4) is 0 Å². The smallest absolute Gasteiger partial charge is 0.303 e. The molecule has 110 valence electrons. The maximum Gasteiger partial charge on any atom is 0.416 e. The van der Waals surface area contributed by atoms with Crippen LogP contribution in [0.25, 0.3) is 5.65 Å². The third-order valence-corrected chi connectivity index (χ3v) is 3.24. The predicted octanol–water partition coefficient (Wildman–Crippen LogP) is 4.77. The van der Waals surface area contributed by atoms with Crippen molar-refractivity contribution in [3.05, 3.63) is 35.3 Å². The highest BCUT2D eigenvalue weighted by Gasteiger charge is 2.32. The molecule has 0 saturated carbocycles. The van der Waals surface area contributed by atoms with Crippen LogP contribution in [0.4, 0.5) is 13.2 Å². The second-order valence-corrected chi connectivity index (χ2v) is 6.39. The minimum absolute atomic E-state index is 0.165. The molecule has 0 radical (unpaired) electrons. The lowest BCUT2D eigenvalue weighted by atomic mass is 9.88. The molecule has 0 fully saturated rings. The minimum atomic E-state index is -4.34. The molecule has 2 aromatic rings. The largest absolute Gasteiger partial charge is 0.416 e. The van der Waals surface area contributed by atoms with Crippen LogP contribution in [-0.2, 0) is 11.6 Å². The van der Waals surface area contributed by atoms with Gasteiger partial charge >= 0.3 is 6.18 Å². The zero-order valence-corrected chi connectivity index (χ0v) is 12.3. The Bertz CT molecular complexity index is 631. The molecule has 2 aromatic heterocycles. The molecule has 0 aromatic carbocycles. The molecule has 0 aliphatic heterocycles. The Kier molecular flexibility index (Phi) is 3.35. The maximum atomic E-state index is 12.8. The molecule has 0 N–H and O–H groups in total. The van der Waals surface area contributed by atoms with E-state index < -0.39 is 11.7 Å². The summed E-state index contributed by atoms with van der Waals surface area (Å²) in [6.07, 6.45) is -2.87. The lowest BCUT2D eigenvalue weighted by Crippen LogP contribution is -2.17. The van der Waals surface area contributed by atoms with Gasteiger partial charge in [0.05, 0.1) is 17.0 Å². The highest BCUT2D eigenvalue weighted by molar-refractivity contribution is 5.48. The van der Waals surface area contributed by atoms with Crippen LogP contribution in [0.15, 0.2) is 18.3 Å². The number of hydrogen-bond acceptors (Lipinski definition) is 1. The van der Waals surface area contributed by atoms with Crippen LogP contribution < -0.4 is 0 Å². The fourth-order valence-electron chi connectivity index (χ4n) is 2.39. The molecule has 0 aliphatic carbocycles. The van der Waals surface area contributed by atoms with E-state index in [1.807, 2.05) is 34.6 Å². The second kappa shape index (κ2) is 4.50. The molecule has 0 aliphatic rings. The first-order valence-electron chi connectivity index (χ1n) is 6.61. The molecule has 20 heavy (non-hydrogen) atoms. The van der Waals surface area contributed by atoms with Gasteiger partial charge in [-0.3, -0.25) is 0 Å². The summed E-state index contributed by atoms with van der Waals surface area (Å²) in [5, 5.41) is 0. The maximum absolute atomic E-state index is 12.8. The SMILES string of the molecule is CC(C)c1nc2cc(C(F)(F)F)ccn2c1C(C)(C)C. The van der Waals surface area contributed by atoms with Gasteiger partial charge < -0.3 is 4.40 Å². The molecule has 0 amide bonds. The van der Waals surface area contributed by atoms with Gasteiger partial charge in [-0.05, 0) is 18.1 Å². The molecule has 0 bridgehead atoms. The van der Waals surface area contributed by atoms with E-state index in [-0.39, 0.29) is 11.3 Å². The fraction of sp³-hybridized carbons (Fsp3) is 0.533. The van der Waals surface area contributed by atoms with Crippen molar-refractivity contribution in [2.45, 2.75) is 52.1 Å². The summed E-state index contributed by atoms with van der Waals surface area (Å²) in [4.78, 5) is 4.42. The Morgan fingerprint density at radius 1 is 1.15 bits per heavy atom. The molecule has 5 heteroatoms. The van der Waals surface area contributed by atoms with E-state index in [1.54, 1.807) is 4.40 Å². The number of aromatic nitrogens is 2. The van der Waals surface area contributed by atoms with Crippen molar-refractivity contribution < 1.29 is 13.2 Å². The average Bonchev–Trinajstić information content (AvgIpc) is 2.65. The highest BCUT2D eigenvalue weighted by atomic mass is 19.4. The van der Waals surface area contributed by atoms with E-state index in [0.29, 0.717) is 5.65 Å². The Morgan fingerprint density at radius 2 is 1.75 bits per heavy atom. The van der Waals surface area contributed by atoms with E-state index in [4.69, 9.17) is 0 Å². The molecule has 2 heterocycles. The van der Waals surface area contributed by atoms with E-state index in [9.17, 15) is 13.2 Å². The van der Waals surface area contributed by atoms with Gasteiger partial charge in [0, 0.05) is 11.6 Å². The number of halogens is 3. The zero-order chi connectivity index (χ0) is 15.3. The van der Waals surface area contributed by atoms with Crippen LogP contribution in [0, 0.1) is 0 Å². The molecule has 0 saturated heterocycles. The van der Waals surface area contributed by atoms with Crippen LogP contribution in [0.5, 0.6) is 0 Å². The summed E-state index contributed by atoms with van der Waals surface area (Å²) < 4.78 is 40.1. The third-order valence-electron chi connectivity index (χ3n) is 3.24. The van der Waals surface area contributed by atoms with Crippen LogP contribution in [0.1, 0.15) is 57.5 Å². The average molecular weight is 284 g/mol. The van der Waals surface area contributed by atoms with Crippen LogP contribution in [0.3, 0.4) is 0 Å². The Labute approximate surface area is 116 Å². The summed E-state index contributed by atoms with van der Waals surface area (Å²) in [5.74, 6) is 0.165. The van der Waals surface area contributed by atoms with Crippen molar-refractivity contribution in [2.24, 2.45) is 0 Å². The van der Waals surface area contributed by atoms with Crippen LogP contribution in [0.2, 0.25) is 0 Å². The summed E-state index contributed by atoms with van der Waals surface area (Å²) in [5.41, 5.74) is 1.34. The summed E-state index contributed by atoms with van der Waals surface area (Å²) in [6, 6.07) is 2.22. The normalized spacial score (nSPS) is 13.4. The van der Waals surface area contributed by atoms with Gasteiger partial charge in [-0.2, -0.15) is 13.2 Å². The first-order chi connectivity index (χ1) is 9.01. The fourth-order valence-corrected chi connectivity index (χ4v) is 2.39. The van der Waals surface area contributed by atoms with Gasteiger partial charge in [0.25, 0.3) is 0 Å². The predicted molar refractivity (Wildman–Crippen MR) is 73.0 cm³/mol. The van der Waals surface area contributed by atoms with Gasteiger partial charge in [0.1, 0.15) is 5.65 Å². The molecule has 0 spiro atoms. The number of alkyl halides is 3. The molecular formula is C15H19F3N2. The van der Waals surface area contributed by atoms with Gasteiger partial charge in [-0.15, -0.1) is 0 Å². The van der Waals surface area contributed by atoms with Crippen molar-refractivity contribution in [2.75, 3.05) is 0 Å². The third kappa shape index (κ3) is 2.53. The topological polar surface area (TPSA) is 17.3 Å². The number of pyridine rings is 1. The standard InChI is InChI=1S/C15H19F3N2/c1-9(2)12-13(14(3,4)5)20-7-6-10(15(16,17)18)8-11(20)19-12/h6-9H,1-5H3. The zero-order valence-electron chi connectivity index (χ0n) is 12.3. The number of imidazole rings is 1. The molecule has 0 unspecified atom stereocenters. The Morgan fingerprint density at radius 3 is 2.20 bits per heavy atom. The lowest BCUT2D eigenvalue weighted by Gasteiger charge is -2.21. The lowest BCUT2D eigenvalue weighted by molar-refractivity contribution is -0.137. The van der Waals surface area contributed by atoms with Gasteiger partial charge in [-0.25, -0.2) is 4.98 Å². The minimum Gasteiger partial charge on any atom is -0.303 e. The first-order valence-corrected chi connectivity index (χ1v) is 6.61. The summed E-state index contributed by atoms with van der Waals surface area (Å²) >= 11 is 0. The van der Waals surface area contributed by atoms with E-state index in [0.717, 1.165) is 23.5 Å². The number of rotatable bonds is 1. The molecule has 2 nitrogen and oxygen atoms in total. The number of fused-ring (bicyclic) bond motifs is 1. The van der Waals surface area contributed by atoms with E-state index in [2.05, 4.69) is 4.98 Å². The van der Waals surface area contributed by atoms with E-state index in [1.165, 1.54) is 6.20 Å². The van der Waals surface area contributed by atoms with Crippen molar-refractivity contribution in [1.29, 1.82) is 0 Å².